The SMILES string of the molecule is CC(C)(C)OC(=O)N[C@@H](CCOC(=O)Oc1ccc([N+](=O)[O-])cc1)C(=O)OCc1ccccc1. The molecule has 182 valence electrons. The molecule has 2 rings (SSSR count). The van der Waals surface area contributed by atoms with Gasteiger partial charge in [-0.05, 0) is 38.5 Å². The van der Waals surface area contributed by atoms with Crippen LogP contribution in [0.4, 0.5) is 15.3 Å². The predicted molar refractivity (Wildman–Crippen MR) is 119 cm³/mol. The van der Waals surface area contributed by atoms with Gasteiger partial charge < -0.3 is 24.3 Å². The minimum absolute atomic E-state index is 0.00475. The molecule has 11 nitrogen and oxygen atoms in total. The van der Waals surface area contributed by atoms with Crippen molar-refractivity contribution in [1.29, 1.82) is 0 Å². The van der Waals surface area contributed by atoms with Crippen molar-refractivity contribution < 1.29 is 38.3 Å². The molecule has 0 saturated heterocycles. The molecule has 0 aliphatic heterocycles. The van der Waals surface area contributed by atoms with Crippen LogP contribution in [0.3, 0.4) is 0 Å². The van der Waals surface area contributed by atoms with Gasteiger partial charge >= 0.3 is 18.2 Å². The minimum atomic E-state index is -1.15. The van der Waals surface area contributed by atoms with E-state index in [4.69, 9.17) is 18.9 Å². The molecule has 0 aliphatic carbocycles. The van der Waals surface area contributed by atoms with Crippen molar-refractivity contribution in [1.82, 2.24) is 5.32 Å². The quantitative estimate of drug-likeness (QED) is 0.186. The molecule has 0 aromatic heterocycles. The Labute approximate surface area is 196 Å². The normalized spacial score (nSPS) is 11.6. The highest BCUT2D eigenvalue weighted by Gasteiger charge is 2.26. The van der Waals surface area contributed by atoms with Gasteiger partial charge in [-0.1, -0.05) is 30.3 Å². The summed E-state index contributed by atoms with van der Waals surface area (Å²) in [5.41, 5.74) is -0.186. The Hall–Kier alpha value is -4.15. The second kappa shape index (κ2) is 12.2. The highest BCUT2D eigenvalue weighted by Crippen LogP contribution is 2.18. The first-order valence-electron chi connectivity index (χ1n) is 10.3. The lowest BCUT2D eigenvalue weighted by molar-refractivity contribution is -0.384. The standard InChI is InChI=1S/C23H26N2O9/c1-23(2,3)34-21(27)24-19(20(26)32-15-16-7-5-4-6-8-16)13-14-31-22(28)33-18-11-9-17(10-12-18)25(29)30/h4-12,19H,13-15H2,1-3H3,(H,24,27)/t19-/m0/s1. The zero-order chi connectivity index (χ0) is 25.1. The molecule has 0 aliphatic rings. The number of alkyl carbamates (subject to hydrolysis) is 1. The predicted octanol–water partition coefficient (Wildman–Crippen LogP) is 4.14. The number of amides is 1. The lowest BCUT2D eigenvalue weighted by Gasteiger charge is -2.23. The summed E-state index contributed by atoms with van der Waals surface area (Å²) >= 11 is 0. The number of ether oxygens (including phenoxy) is 4. The van der Waals surface area contributed by atoms with Crippen LogP contribution in [0.2, 0.25) is 0 Å². The molecular weight excluding hydrogens is 448 g/mol. The highest BCUT2D eigenvalue weighted by molar-refractivity contribution is 5.81. The van der Waals surface area contributed by atoms with Crippen molar-refractivity contribution in [2.45, 2.75) is 45.4 Å². The summed E-state index contributed by atoms with van der Waals surface area (Å²) in [4.78, 5) is 46.7. The number of hydrogen-bond acceptors (Lipinski definition) is 9. The molecule has 0 radical (unpaired) electrons. The number of hydrogen-bond donors (Lipinski definition) is 1. The van der Waals surface area contributed by atoms with Gasteiger partial charge in [-0.15, -0.1) is 0 Å². The molecule has 0 saturated carbocycles. The highest BCUT2D eigenvalue weighted by atomic mass is 16.7. The maximum atomic E-state index is 12.6. The molecule has 2 aromatic rings. The number of carbonyl (C=O) groups is 3. The summed E-state index contributed by atoms with van der Waals surface area (Å²) in [7, 11) is 0. The zero-order valence-electron chi connectivity index (χ0n) is 19.0. The largest absolute Gasteiger partial charge is 0.513 e. The second-order valence-electron chi connectivity index (χ2n) is 8.03. The number of esters is 1. The molecule has 11 heteroatoms. The first kappa shape index (κ1) is 26.1. The van der Waals surface area contributed by atoms with E-state index in [0.29, 0.717) is 0 Å². The number of non-ortho nitro benzene ring substituents is 1. The van der Waals surface area contributed by atoms with Crippen LogP contribution in [-0.2, 0) is 25.6 Å². The Morgan fingerprint density at radius 1 is 1.00 bits per heavy atom. The fraction of sp³-hybridized carbons (Fsp3) is 0.348. The summed E-state index contributed by atoms with van der Waals surface area (Å²) in [5, 5.41) is 13.1. The average Bonchev–Trinajstić information content (AvgIpc) is 2.76. The van der Waals surface area contributed by atoms with Gasteiger partial charge in [0.1, 0.15) is 24.0 Å². The summed E-state index contributed by atoms with van der Waals surface area (Å²) in [6, 6.07) is 12.7. The number of nitrogens with zero attached hydrogens (tertiary/aromatic N) is 1. The van der Waals surface area contributed by atoms with Gasteiger partial charge in [-0.2, -0.15) is 0 Å². The van der Waals surface area contributed by atoms with Crippen molar-refractivity contribution in [3.8, 4) is 5.75 Å². The van der Waals surface area contributed by atoms with Gasteiger partial charge in [-0.3, -0.25) is 10.1 Å². The lowest BCUT2D eigenvalue weighted by atomic mass is 10.2. The number of benzene rings is 2. The number of carbonyl (C=O) groups excluding carboxylic acids is 3. The van der Waals surface area contributed by atoms with Crippen LogP contribution < -0.4 is 10.1 Å². The van der Waals surface area contributed by atoms with Gasteiger partial charge in [0.15, 0.2) is 0 Å². The van der Waals surface area contributed by atoms with E-state index in [-0.39, 0.29) is 31.1 Å². The molecule has 34 heavy (non-hydrogen) atoms. The number of rotatable bonds is 9. The molecule has 1 amide bonds. The van der Waals surface area contributed by atoms with E-state index < -0.39 is 34.8 Å². The van der Waals surface area contributed by atoms with E-state index in [1.165, 1.54) is 24.3 Å². The summed E-state index contributed by atoms with van der Waals surface area (Å²) in [6.45, 7) is 4.73. The van der Waals surface area contributed by atoms with Crippen molar-refractivity contribution in [3.63, 3.8) is 0 Å². The molecule has 1 atom stereocenters. The Balaban J connectivity index is 1.91. The van der Waals surface area contributed by atoms with Crippen LogP contribution in [0, 0.1) is 10.1 Å². The van der Waals surface area contributed by atoms with E-state index in [1.807, 2.05) is 6.07 Å². The number of nitro groups is 1. The van der Waals surface area contributed by atoms with E-state index in [2.05, 4.69) is 5.32 Å². The topological polar surface area (TPSA) is 143 Å². The molecule has 1 N–H and O–H groups in total. The number of nitro benzene ring substituents is 1. The van der Waals surface area contributed by atoms with Crippen LogP contribution in [0.1, 0.15) is 32.8 Å². The Kier molecular flexibility index (Phi) is 9.36. The van der Waals surface area contributed by atoms with Gasteiger partial charge in [0.2, 0.25) is 0 Å². The third kappa shape index (κ3) is 9.55. The summed E-state index contributed by atoms with van der Waals surface area (Å²) < 4.78 is 20.3. The molecule has 0 fully saturated rings. The van der Waals surface area contributed by atoms with Crippen molar-refractivity contribution >= 4 is 23.9 Å². The Morgan fingerprint density at radius 2 is 1.65 bits per heavy atom. The second-order valence-corrected chi connectivity index (χ2v) is 8.03. The third-order valence-corrected chi connectivity index (χ3v) is 4.07. The van der Waals surface area contributed by atoms with E-state index in [9.17, 15) is 24.5 Å². The maximum absolute atomic E-state index is 12.6. The molecule has 2 aromatic carbocycles. The van der Waals surface area contributed by atoms with Crippen LogP contribution in [-0.4, -0.2) is 41.4 Å². The molecular formula is C23H26N2O9. The molecule has 0 bridgehead atoms. The van der Waals surface area contributed by atoms with Crippen molar-refractivity contribution in [3.05, 3.63) is 70.3 Å². The smallest absolute Gasteiger partial charge is 0.459 e. The first-order chi connectivity index (χ1) is 16.0. The Bertz CT molecular complexity index is 986. The van der Waals surface area contributed by atoms with Gasteiger partial charge in [0.25, 0.3) is 5.69 Å². The fourth-order valence-electron chi connectivity index (χ4n) is 2.55. The third-order valence-electron chi connectivity index (χ3n) is 4.07. The van der Waals surface area contributed by atoms with Crippen molar-refractivity contribution in [2.75, 3.05) is 6.61 Å². The summed E-state index contributed by atoms with van der Waals surface area (Å²) in [6.07, 6.45) is -2.02. The van der Waals surface area contributed by atoms with Crippen LogP contribution in [0.25, 0.3) is 0 Å². The van der Waals surface area contributed by atoms with E-state index in [1.54, 1.807) is 45.0 Å². The fourth-order valence-corrected chi connectivity index (χ4v) is 2.55. The van der Waals surface area contributed by atoms with Gasteiger partial charge in [0.05, 0.1) is 11.5 Å². The van der Waals surface area contributed by atoms with Crippen molar-refractivity contribution in [2.24, 2.45) is 0 Å². The zero-order valence-corrected chi connectivity index (χ0v) is 19.0. The van der Waals surface area contributed by atoms with Gasteiger partial charge in [-0.25, -0.2) is 14.4 Å². The van der Waals surface area contributed by atoms with E-state index in [0.717, 1.165) is 5.56 Å². The summed E-state index contributed by atoms with van der Waals surface area (Å²) in [5.74, 6) is -0.691. The number of nitrogens with one attached hydrogen (secondary N) is 1. The van der Waals surface area contributed by atoms with E-state index >= 15 is 0 Å². The minimum Gasteiger partial charge on any atom is -0.459 e. The average molecular weight is 474 g/mol. The molecule has 0 spiro atoms. The van der Waals surface area contributed by atoms with Crippen LogP contribution in [0.15, 0.2) is 54.6 Å². The Morgan fingerprint density at radius 3 is 2.24 bits per heavy atom. The van der Waals surface area contributed by atoms with Crippen LogP contribution >= 0.6 is 0 Å². The molecule has 0 unspecified atom stereocenters. The lowest BCUT2D eigenvalue weighted by Crippen LogP contribution is -2.45. The first-order valence-corrected chi connectivity index (χ1v) is 10.3. The molecule has 0 heterocycles. The van der Waals surface area contributed by atoms with Gasteiger partial charge in [0, 0.05) is 18.6 Å². The monoisotopic (exact) mass is 474 g/mol. The van der Waals surface area contributed by atoms with Crippen LogP contribution in [0.5, 0.6) is 5.75 Å². The maximum Gasteiger partial charge on any atom is 0.513 e.